The molecule has 2 N–H and O–H groups in total. The largest absolute Gasteiger partial charge is 0.321 e. The third kappa shape index (κ3) is 3.56. The second-order valence-electron chi connectivity index (χ2n) is 4.47. The molecular formula is C10H23N2O2P. The highest BCUT2D eigenvalue weighted by atomic mass is 31.2. The SMILES string of the molecule is CNC(CNP(=O)(OC)C(C)C)C1CC1. The van der Waals surface area contributed by atoms with E-state index >= 15 is 0 Å². The molecule has 1 aliphatic carbocycles. The zero-order chi connectivity index (χ0) is 11.5. The van der Waals surface area contributed by atoms with E-state index in [1.165, 1.54) is 20.0 Å². The highest BCUT2D eigenvalue weighted by Gasteiger charge is 2.33. The lowest BCUT2D eigenvalue weighted by molar-refractivity contribution is 0.368. The zero-order valence-electron chi connectivity index (χ0n) is 10.1. The van der Waals surface area contributed by atoms with Gasteiger partial charge < -0.3 is 9.84 Å². The summed E-state index contributed by atoms with van der Waals surface area (Å²) in [5, 5.41) is 6.35. The number of hydrogen-bond donors (Lipinski definition) is 2. The molecule has 2 unspecified atom stereocenters. The van der Waals surface area contributed by atoms with Crippen molar-refractivity contribution in [3.63, 3.8) is 0 Å². The molecule has 4 nitrogen and oxygen atoms in total. The molecule has 1 fully saturated rings. The Morgan fingerprint density at radius 1 is 1.47 bits per heavy atom. The van der Waals surface area contributed by atoms with Crippen LogP contribution in [0, 0.1) is 5.92 Å². The van der Waals surface area contributed by atoms with Crippen molar-refractivity contribution in [3.05, 3.63) is 0 Å². The van der Waals surface area contributed by atoms with Gasteiger partial charge in [-0.3, -0.25) is 4.57 Å². The minimum atomic E-state index is -2.64. The van der Waals surface area contributed by atoms with E-state index in [0.717, 1.165) is 12.5 Å². The average molecular weight is 234 g/mol. The molecule has 0 aromatic rings. The van der Waals surface area contributed by atoms with E-state index in [9.17, 15) is 4.57 Å². The summed E-state index contributed by atoms with van der Waals surface area (Å²) in [7, 11) is 0.828. The number of likely N-dealkylation sites (N-methyl/N-ethyl adjacent to an activating group) is 1. The molecular weight excluding hydrogens is 211 g/mol. The average Bonchev–Trinajstić information content (AvgIpc) is 3.02. The molecule has 5 heteroatoms. The van der Waals surface area contributed by atoms with Crippen LogP contribution in [0.15, 0.2) is 0 Å². The Hall–Kier alpha value is 0.110. The van der Waals surface area contributed by atoms with Gasteiger partial charge >= 0.3 is 0 Å². The van der Waals surface area contributed by atoms with Crippen LogP contribution in [0.25, 0.3) is 0 Å². The van der Waals surface area contributed by atoms with Gasteiger partial charge in [-0.1, -0.05) is 13.8 Å². The fourth-order valence-electron chi connectivity index (χ4n) is 1.69. The van der Waals surface area contributed by atoms with Crippen molar-refractivity contribution in [2.24, 2.45) is 5.92 Å². The van der Waals surface area contributed by atoms with Gasteiger partial charge in [0.1, 0.15) is 0 Å². The van der Waals surface area contributed by atoms with Gasteiger partial charge in [0.15, 0.2) is 0 Å². The zero-order valence-corrected chi connectivity index (χ0v) is 11.0. The summed E-state index contributed by atoms with van der Waals surface area (Å²) < 4.78 is 17.3. The maximum absolute atomic E-state index is 12.2. The summed E-state index contributed by atoms with van der Waals surface area (Å²) in [5.74, 6) is 0.750. The first-order valence-corrected chi connectivity index (χ1v) is 7.30. The van der Waals surface area contributed by atoms with Crippen LogP contribution in [0.5, 0.6) is 0 Å². The van der Waals surface area contributed by atoms with E-state index in [4.69, 9.17) is 4.52 Å². The standard InChI is InChI=1S/C10H23N2O2P/c1-8(2)15(13,14-4)12-7-10(11-3)9-5-6-9/h8-11H,5-7H2,1-4H3,(H,12,13). The molecule has 90 valence electrons. The van der Waals surface area contributed by atoms with Gasteiger partial charge in [0.2, 0.25) is 0 Å². The van der Waals surface area contributed by atoms with Gasteiger partial charge in [0, 0.05) is 25.4 Å². The molecule has 0 radical (unpaired) electrons. The molecule has 1 aliphatic rings. The van der Waals surface area contributed by atoms with Crippen molar-refractivity contribution >= 4 is 7.52 Å². The molecule has 1 rings (SSSR count). The minimum Gasteiger partial charge on any atom is -0.321 e. The molecule has 0 saturated heterocycles. The highest BCUT2D eigenvalue weighted by molar-refractivity contribution is 7.57. The summed E-state index contributed by atoms with van der Waals surface area (Å²) in [6.07, 6.45) is 2.57. The molecule has 15 heavy (non-hydrogen) atoms. The summed E-state index contributed by atoms with van der Waals surface area (Å²) in [6, 6.07) is 0.423. The Labute approximate surface area is 92.7 Å². The molecule has 2 atom stereocenters. The monoisotopic (exact) mass is 234 g/mol. The van der Waals surface area contributed by atoms with Crippen LogP contribution in [0.2, 0.25) is 0 Å². The predicted octanol–water partition coefficient (Wildman–Crippen LogP) is 1.82. The molecule has 0 aromatic heterocycles. The Kier molecular flexibility index (Phi) is 4.78. The van der Waals surface area contributed by atoms with Gasteiger partial charge in [0.05, 0.1) is 0 Å². The summed E-state index contributed by atoms with van der Waals surface area (Å²) >= 11 is 0. The van der Waals surface area contributed by atoms with Crippen molar-refractivity contribution in [2.45, 2.75) is 38.4 Å². The van der Waals surface area contributed by atoms with Crippen LogP contribution in [-0.2, 0) is 9.09 Å². The van der Waals surface area contributed by atoms with Gasteiger partial charge in [-0.15, -0.1) is 0 Å². The van der Waals surface area contributed by atoms with Crippen molar-refractivity contribution in [3.8, 4) is 0 Å². The summed E-state index contributed by atoms with van der Waals surface area (Å²) in [4.78, 5) is 0. The molecule has 0 spiro atoms. The third-order valence-corrected chi connectivity index (χ3v) is 5.57. The van der Waals surface area contributed by atoms with Gasteiger partial charge in [-0.25, -0.2) is 5.09 Å². The fraction of sp³-hybridized carbons (Fsp3) is 1.00. The van der Waals surface area contributed by atoms with E-state index < -0.39 is 7.52 Å². The molecule has 0 aliphatic heterocycles. The first-order valence-electron chi connectivity index (χ1n) is 5.61. The van der Waals surface area contributed by atoms with E-state index in [2.05, 4.69) is 10.4 Å². The Morgan fingerprint density at radius 2 is 2.07 bits per heavy atom. The van der Waals surface area contributed by atoms with Gasteiger partial charge in [-0.2, -0.15) is 0 Å². The van der Waals surface area contributed by atoms with E-state index in [1.807, 2.05) is 20.9 Å². The third-order valence-electron chi connectivity index (χ3n) is 3.04. The second kappa shape index (κ2) is 5.44. The van der Waals surface area contributed by atoms with E-state index in [-0.39, 0.29) is 5.66 Å². The lowest BCUT2D eigenvalue weighted by atomic mass is 10.2. The van der Waals surface area contributed by atoms with Gasteiger partial charge in [0.25, 0.3) is 7.52 Å². The normalized spacial score (nSPS) is 22.7. The number of rotatable bonds is 7. The predicted molar refractivity (Wildman–Crippen MR) is 63.3 cm³/mol. The van der Waals surface area contributed by atoms with Crippen LogP contribution in [0.3, 0.4) is 0 Å². The summed E-state index contributed by atoms with van der Waals surface area (Å²) in [6.45, 7) is 4.57. The van der Waals surface area contributed by atoms with Crippen molar-refractivity contribution in [1.29, 1.82) is 0 Å². The van der Waals surface area contributed by atoms with Crippen LogP contribution in [0.4, 0.5) is 0 Å². The van der Waals surface area contributed by atoms with Crippen molar-refractivity contribution in [1.82, 2.24) is 10.4 Å². The maximum atomic E-state index is 12.2. The van der Waals surface area contributed by atoms with E-state index in [0.29, 0.717) is 6.04 Å². The topological polar surface area (TPSA) is 50.4 Å². The fourth-order valence-corrected chi connectivity index (χ4v) is 3.05. The highest BCUT2D eigenvalue weighted by Crippen LogP contribution is 2.46. The minimum absolute atomic E-state index is 0.0270. The molecule has 0 heterocycles. The Balaban J connectivity index is 2.42. The van der Waals surface area contributed by atoms with Crippen LogP contribution in [0.1, 0.15) is 26.7 Å². The van der Waals surface area contributed by atoms with Crippen LogP contribution in [-0.4, -0.2) is 32.4 Å². The van der Waals surface area contributed by atoms with Crippen molar-refractivity contribution in [2.75, 3.05) is 20.7 Å². The Bertz CT molecular complexity index is 242. The van der Waals surface area contributed by atoms with E-state index in [1.54, 1.807) is 0 Å². The first kappa shape index (κ1) is 13.2. The molecule has 0 bridgehead atoms. The molecule has 0 aromatic carbocycles. The lowest BCUT2D eigenvalue weighted by Crippen LogP contribution is -2.38. The molecule has 1 saturated carbocycles. The second-order valence-corrected chi connectivity index (χ2v) is 7.38. The van der Waals surface area contributed by atoms with Crippen molar-refractivity contribution < 1.29 is 9.09 Å². The Morgan fingerprint density at radius 3 is 2.40 bits per heavy atom. The maximum Gasteiger partial charge on any atom is 0.272 e. The summed E-state index contributed by atoms with van der Waals surface area (Å²) in [5.41, 5.74) is 0.0270. The van der Waals surface area contributed by atoms with Gasteiger partial charge in [-0.05, 0) is 25.8 Å². The number of nitrogens with one attached hydrogen (secondary N) is 2. The first-order chi connectivity index (χ1) is 7.03. The van der Waals surface area contributed by atoms with Crippen LogP contribution >= 0.6 is 7.52 Å². The number of hydrogen-bond acceptors (Lipinski definition) is 3. The van der Waals surface area contributed by atoms with Crippen LogP contribution < -0.4 is 10.4 Å². The quantitative estimate of drug-likeness (QED) is 0.660. The smallest absolute Gasteiger partial charge is 0.272 e. The lowest BCUT2D eigenvalue weighted by Gasteiger charge is -2.24. The molecule has 0 amide bonds.